The Morgan fingerprint density at radius 1 is 1.19 bits per heavy atom. The molecule has 122 valence electrons. The van der Waals surface area contributed by atoms with E-state index in [0.29, 0.717) is 35.7 Å². The summed E-state index contributed by atoms with van der Waals surface area (Å²) in [6.07, 6.45) is 0. The fourth-order valence-corrected chi connectivity index (χ4v) is 5.54. The van der Waals surface area contributed by atoms with E-state index in [-0.39, 0.29) is 0 Å². The summed E-state index contributed by atoms with van der Waals surface area (Å²) < 4.78 is 28.1. The molecule has 1 heterocycles. The second-order valence-electron chi connectivity index (χ2n) is 6.21. The molecule has 4 nitrogen and oxygen atoms in total. The predicted octanol–water partition coefficient (Wildman–Crippen LogP) is 2.98. The minimum absolute atomic E-state index is 0.339. The minimum atomic E-state index is -3.44. The molecule has 21 heavy (non-hydrogen) atoms. The van der Waals surface area contributed by atoms with Gasteiger partial charge in [0.05, 0.1) is 0 Å². The Morgan fingerprint density at radius 3 is 2.24 bits per heavy atom. The smallest absolute Gasteiger partial charge is 0.241 e. The zero-order valence-electron chi connectivity index (χ0n) is 13.9. The van der Waals surface area contributed by atoms with Crippen LogP contribution in [0.15, 0.2) is 10.3 Å². The molecule has 2 N–H and O–H groups in total. The molecule has 1 aromatic rings. The fourth-order valence-electron chi connectivity index (χ4n) is 2.65. The first-order valence-electron chi connectivity index (χ1n) is 7.42. The molecule has 0 aromatic carbocycles. The molecule has 6 heteroatoms. The van der Waals surface area contributed by atoms with Crippen LogP contribution in [0.2, 0.25) is 0 Å². The molecule has 0 unspecified atom stereocenters. The van der Waals surface area contributed by atoms with Gasteiger partial charge in [0, 0.05) is 18.0 Å². The highest BCUT2D eigenvalue weighted by Gasteiger charge is 2.25. The summed E-state index contributed by atoms with van der Waals surface area (Å²) in [6, 6.07) is 0. The third-order valence-electron chi connectivity index (χ3n) is 3.82. The molecule has 0 radical (unpaired) electrons. The Hall–Kier alpha value is -0.430. The van der Waals surface area contributed by atoms with Gasteiger partial charge in [0.25, 0.3) is 0 Å². The van der Waals surface area contributed by atoms with Crippen LogP contribution in [0, 0.1) is 24.7 Å². The van der Waals surface area contributed by atoms with Gasteiger partial charge in [0.2, 0.25) is 10.0 Å². The second-order valence-corrected chi connectivity index (χ2v) is 8.87. The van der Waals surface area contributed by atoms with Gasteiger partial charge < -0.3 is 5.32 Å². The van der Waals surface area contributed by atoms with Crippen LogP contribution < -0.4 is 10.0 Å². The first kappa shape index (κ1) is 18.6. The van der Waals surface area contributed by atoms with Crippen molar-refractivity contribution >= 4 is 21.4 Å². The maximum atomic E-state index is 12.6. The van der Waals surface area contributed by atoms with Gasteiger partial charge in [0.1, 0.15) is 4.90 Å². The summed E-state index contributed by atoms with van der Waals surface area (Å²) in [5.41, 5.74) is 0.823. The van der Waals surface area contributed by atoms with Crippen molar-refractivity contribution in [3.63, 3.8) is 0 Å². The quantitative estimate of drug-likeness (QED) is 0.769. The number of rotatable bonds is 8. The third-order valence-corrected chi connectivity index (χ3v) is 6.70. The van der Waals surface area contributed by atoms with E-state index in [1.54, 1.807) is 0 Å². The van der Waals surface area contributed by atoms with Gasteiger partial charge in [-0.25, -0.2) is 13.1 Å². The SMILES string of the molecule is CNCc1scc(C)c1S(=O)(=O)NCC(C(C)C)C(C)C. The number of sulfonamides is 1. The van der Waals surface area contributed by atoms with E-state index in [1.807, 2.05) is 19.4 Å². The van der Waals surface area contributed by atoms with Crippen LogP contribution in [0.1, 0.15) is 38.1 Å². The standard InChI is InChI=1S/C15H28N2O2S2/c1-10(2)13(11(3)4)7-17-21(18,19)15-12(5)9-20-14(15)8-16-6/h9-11,13,16-17H,7-8H2,1-6H3. The van der Waals surface area contributed by atoms with Crippen LogP contribution in [0.4, 0.5) is 0 Å². The Labute approximate surface area is 133 Å². The van der Waals surface area contributed by atoms with E-state index in [9.17, 15) is 8.42 Å². The van der Waals surface area contributed by atoms with E-state index < -0.39 is 10.0 Å². The Morgan fingerprint density at radius 2 is 1.76 bits per heavy atom. The van der Waals surface area contributed by atoms with Crippen LogP contribution in [-0.2, 0) is 16.6 Å². The summed E-state index contributed by atoms with van der Waals surface area (Å²) in [5, 5.41) is 4.94. The average Bonchev–Trinajstić information content (AvgIpc) is 2.70. The summed E-state index contributed by atoms with van der Waals surface area (Å²) in [4.78, 5) is 1.32. The molecule has 0 saturated carbocycles. The van der Waals surface area contributed by atoms with Crippen molar-refractivity contribution in [3.05, 3.63) is 15.8 Å². The van der Waals surface area contributed by atoms with Crippen LogP contribution in [-0.4, -0.2) is 22.0 Å². The number of thiophene rings is 1. The van der Waals surface area contributed by atoms with Gasteiger partial charge in [-0.05, 0) is 42.7 Å². The van der Waals surface area contributed by atoms with Crippen molar-refractivity contribution in [2.75, 3.05) is 13.6 Å². The minimum Gasteiger partial charge on any atom is -0.315 e. The van der Waals surface area contributed by atoms with Crippen LogP contribution in [0.5, 0.6) is 0 Å². The van der Waals surface area contributed by atoms with Crippen LogP contribution >= 0.6 is 11.3 Å². The number of aryl methyl sites for hydroxylation is 1. The van der Waals surface area contributed by atoms with E-state index in [2.05, 4.69) is 37.7 Å². The molecule has 0 saturated heterocycles. The Bertz CT molecular complexity index is 540. The van der Waals surface area contributed by atoms with E-state index in [4.69, 9.17) is 0 Å². The monoisotopic (exact) mass is 332 g/mol. The number of hydrogen-bond donors (Lipinski definition) is 2. The molecule has 0 amide bonds. The van der Waals surface area contributed by atoms with Gasteiger partial charge in [-0.15, -0.1) is 11.3 Å². The number of hydrogen-bond acceptors (Lipinski definition) is 4. The molecule has 1 rings (SSSR count). The topological polar surface area (TPSA) is 58.2 Å². The van der Waals surface area contributed by atoms with E-state index in [0.717, 1.165) is 10.4 Å². The van der Waals surface area contributed by atoms with E-state index in [1.165, 1.54) is 11.3 Å². The second kappa shape index (κ2) is 7.72. The first-order chi connectivity index (χ1) is 9.70. The fraction of sp³-hybridized carbons (Fsp3) is 0.733. The summed E-state index contributed by atoms with van der Waals surface area (Å²) in [5.74, 6) is 1.24. The molecule has 0 aliphatic heterocycles. The van der Waals surface area contributed by atoms with Gasteiger partial charge in [-0.1, -0.05) is 27.7 Å². The normalized spacial score (nSPS) is 12.8. The average molecular weight is 333 g/mol. The Kier molecular flexibility index (Phi) is 6.84. The van der Waals surface area contributed by atoms with Crippen LogP contribution in [0.3, 0.4) is 0 Å². The largest absolute Gasteiger partial charge is 0.315 e. The van der Waals surface area contributed by atoms with Crippen molar-refractivity contribution in [2.45, 2.75) is 46.1 Å². The van der Waals surface area contributed by atoms with Crippen LogP contribution in [0.25, 0.3) is 0 Å². The van der Waals surface area contributed by atoms with Crippen molar-refractivity contribution in [2.24, 2.45) is 17.8 Å². The highest BCUT2D eigenvalue weighted by atomic mass is 32.2. The molecule has 0 atom stereocenters. The zero-order valence-corrected chi connectivity index (χ0v) is 15.5. The van der Waals surface area contributed by atoms with Crippen molar-refractivity contribution in [3.8, 4) is 0 Å². The van der Waals surface area contributed by atoms with Crippen molar-refractivity contribution in [1.29, 1.82) is 0 Å². The summed E-state index contributed by atoms with van der Waals surface area (Å²) in [6.45, 7) is 11.5. The summed E-state index contributed by atoms with van der Waals surface area (Å²) in [7, 11) is -1.62. The lowest BCUT2D eigenvalue weighted by molar-refractivity contribution is 0.289. The lowest BCUT2D eigenvalue weighted by Crippen LogP contribution is -2.34. The maximum Gasteiger partial charge on any atom is 0.241 e. The van der Waals surface area contributed by atoms with Gasteiger partial charge in [-0.3, -0.25) is 0 Å². The van der Waals surface area contributed by atoms with Crippen molar-refractivity contribution in [1.82, 2.24) is 10.0 Å². The van der Waals surface area contributed by atoms with Crippen molar-refractivity contribution < 1.29 is 8.42 Å². The number of nitrogens with one attached hydrogen (secondary N) is 2. The lowest BCUT2D eigenvalue weighted by Gasteiger charge is -2.25. The molecule has 0 bridgehead atoms. The third kappa shape index (κ3) is 4.77. The Balaban J connectivity index is 2.94. The predicted molar refractivity (Wildman–Crippen MR) is 90.2 cm³/mol. The van der Waals surface area contributed by atoms with E-state index >= 15 is 0 Å². The highest BCUT2D eigenvalue weighted by Crippen LogP contribution is 2.27. The molecular formula is C15H28N2O2S2. The highest BCUT2D eigenvalue weighted by molar-refractivity contribution is 7.89. The van der Waals surface area contributed by atoms with Gasteiger partial charge >= 0.3 is 0 Å². The van der Waals surface area contributed by atoms with Gasteiger partial charge in [-0.2, -0.15) is 0 Å². The molecule has 0 aliphatic rings. The zero-order chi connectivity index (χ0) is 16.2. The molecule has 0 fully saturated rings. The summed E-state index contributed by atoms with van der Waals surface area (Å²) >= 11 is 1.49. The first-order valence-corrected chi connectivity index (χ1v) is 9.78. The molecule has 0 spiro atoms. The molecule has 1 aromatic heterocycles. The maximum absolute atomic E-state index is 12.6. The lowest BCUT2D eigenvalue weighted by atomic mass is 9.86. The molecule has 0 aliphatic carbocycles. The molecular weight excluding hydrogens is 304 g/mol. The van der Waals surface area contributed by atoms with Gasteiger partial charge in [0.15, 0.2) is 0 Å².